The summed E-state index contributed by atoms with van der Waals surface area (Å²) >= 11 is 0. The Morgan fingerprint density at radius 3 is 2.58 bits per heavy atom. The van der Waals surface area contributed by atoms with Gasteiger partial charge in [-0.15, -0.1) is 0 Å². The van der Waals surface area contributed by atoms with Gasteiger partial charge in [0.2, 0.25) is 5.91 Å². The summed E-state index contributed by atoms with van der Waals surface area (Å²) in [5.41, 5.74) is 0.647. The molecule has 1 atom stereocenters. The molecule has 1 amide bonds. The number of halogens is 1. The van der Waals surface area contributed by atoms with Crippen LogP contribution in [0.5, 0.6) is 0 Å². The molecule has 0 aromatic heterocycles. The normalized spacial score (nSPS) is 22.7. The van der Waals surface area contributed by atoms with Crippen LogP contribution in [0.25, 0.3) is 0 Å². The highest BCUT2D eigenvalue weighted by Gasteiger charge is 2.24. The van der Waals surface area contributed by atoms with E-state index in [4.69, 9.17) is 0 Å². The number of anilines is 1. The van der Waals surface area contributed by atoms with Gasteiger partial charge in [-0.05, 0) is 45.0 Å². The van der Waals surface area contributed by atoms with Crippen LogP contribution in [-0.2, 0) is 4.79 Å². The van der Waals surface area contributed by atoms with Gasteiger partial charge in [-0.25, -0.2) is 4.39 Å². The van der Waals surface area contributed by atoms with Gasteiger partial charge in [-0.3, -0.25) is 4.79 Å². The Morgan fingerprint density at radius 2 is 1.88 bits per heavy atom. The maximum atomic E-state index is 13.9. The van der Waals surface area contributed by atoms with E-state index in [9.17, 15) is 9.18 Å². The van der Waals surface area contributed by atoms with Gasteiger partial charge >= 0.3 is 0 Å². The van der Waals surface area contributed by atoms with Crippen LogP contribution in [0.3, 0.4) is 0 Å². The van der Waals surface area contributed by atoms with Crippen molar-refractivity contribution in [2.75, 3.05) is 44.7 Å². The Balaban J connectivity index is 1.46. The van der Waals surface area contributed by atoms with Crippen molar-refractivity contribution in [2.45, 2.75) is 38.1 Å². The zero-order valence-corrected chi connectivity index (χ0v) is 14.6. The van der Waals surface area contributed by atoms with Crippen molar-refractivity contribution in [3.05, 3.63) is 30.1 Å². The van der Waals surface area contributed by atoms with E-state index in [1.54, 1.807) is 6.07 Å². The molecular formula is C19H28FN3O. The summed E-state index contributed by atoms with van der Waals surface area (Å²) in [6.07, 6.45) is 5.37. The zero-order valence-electron chi connectivity index (χ0n) is 14.6. The number of benzene rings is 1. The molecule has 5 heteroatoms. The fourth-order valence-electron chi connectivity index (χ4n) is 3.86. The first-order valence-electron chi connectivity index (χ1n) is 9.12. The highest BCUT2D eigenvalue weighted by Crippen LogP contribution is 2.22. The highest BCUT2D eigenvalue weighted by atomic mass is 19.1. The maximum absolute atomic E-state index is 13.9. The van der Waals surface area contributed by atoms with E-state index >= 15 is 0 Å². The van der Waals surface area contributed by atoms with E-state index in [-0.39, 0.29) is 11.7 Å². The molecule has 1 aromatic carbocycles. The fraction of sp³-hybridized carbons (Fsp3) is 0.632. The minimum absolute atomic E-state index is 0.183. The number of piperazine rings is 1. The summed E-state index contributed by atoms with van der Waals surface area (Å²) in [5.74, 6) is 0.0692. The van der Waals surface area contributed by atoms with E-state index in [0.717, 1.165) is 13.0 Å². The number of nitrogens with zero attached hydrogens (tertiary/aromatic N) is 3. The average molecular weight is 333 g/mol. The van der Waals surface area contributed by atoms with Crippen molar-refractivity contribution in [2.24, 2.45) is 0 Å². The number of hydrogen-bond donors (Lipinski definition) is 0. The molecule has 0 aliphatic carbocycles. The Bertz CT molecular complexity index is 557. The molecule has 2 aliphatic rings. The number of piperidine rings is 1. The summed E-state index contributed by atoms with van der Waals surface area (Å²) < 4.78 is 13.9. The SMILES string of the molecule is CN1CCCCC1CCC(=O)N1CCN(c2ccccc2F)CC1. The Labute approximate surface area is 144 Å². The quantitative estimate of drug-likeness (QED) is 0.848. The molecule has 0 saturated carbocycles. The first kappa shape index (κ1) is 17.2. The topological polar surface area (TPSA) is 26.8 Å². The van der Waals surface area contributed by atoms with Crippen LogP contribution in [0.4, 0.5) is 10.1 Å². The number of hydrogen-bond acceptors (Lipinski definition) is 3. The van der Waals surface area contributed by atoms with E-state index in [1.807, 2.05) is 21.9 Å². The van der Waals surface area contributed by atoms with Crippen molar-refractivity contribution in [3.8, 4) is 0 Å². The van der Waals surface area contributed by atoms with Crippen LogP contribution in [0.15, 0.2) is 24.3 Å². The van der Waals surface area contributed by atoms with E-state index in [2.05, 4.69) is 11.9 Å². The standard InChI is InChI=1S/C19H28FN3O/c1-21-11-5-4-6-16(21)9-10-19(24)23-14-12-22(13-15-23)18-8-3-2-7-17(18)20/h2-3,7-8,16H,4-6,9-15H2,1H3. The van der Waals surface area contributed by atoms with Crippen molar-refractivity contribution in [1.29, 1.82) is 0 Å². The monoisotopic (exact) mass is 333 g/mol. The zero-order chi connectivity index (χ0) is 16.9. The molecule has 3 rings (SSSR count). The highest BCUT2D eigenvalue weighted by molar-refractivity contribution is 5.76. The number of carbonyl (C=O) groups excluding carboxylic acids is 1. The van der Waals surface area contributed by atoms with Crippen LogP contribution >= 0.6 is 0 Å². The summed E-state index contributed by atoms with van der Waals surface area (Å²) in [4.78, 5) is 18.8. The van der Waals surface area contributed by atoms with Gasteiger partial charge < -0.3 is 14.7 Å². The van der Waals surface area contributed by atoms with E-state index in [1.165, 1.54) is 25.3 Å². The molecule has 2 saturated heterocycles. The van der Waals surface area contributed by atoms with E-state index < -0.39 is 0 Å². The third kappa shape index (κ3) is 4.07. The van der Waals surface area contributed by atoms with Gasteiger partial charge in [0.05, 0.1) is 5.69 Å². The van der Waals surface area contributed by atoms with Crippen molar-refractivity contribution in [3.63, 3.8) is 0 Å². The average Bonchev–Trinajstić information content (AvgIpc) is 2.61. The van der Waals surface area contributed by atoms with Gasteiger partial charge in [0, 0.05) is 38.6 Å². The molecular weight excluding hydrogens is 305 g/mol. The summed E-state index contributed by atoms with van der Waals surface area (Å²) in [7, 11) is 2.17. The van der Waals surface area contributed by atoms with Crippen molar-refractivity contribution < 1.29 is 9.18 Å². The first-order chi connectivity index (χ1) is 11.6. The molecule has 4 nitrogen and oxygen atoms in total. The Morgan fingerprint density at radius 1 is 1.12 bits per heavy atom. The van der Waals surface area contributed by atoms with E-state index in [0.29, 0.717) is 44.3 Å². The third-order valence-corrected chi connectivity index (χ3v) is 5.44. The third-order valence-electron chi connectivity index (χ3n) is 5.44. The van der Waals surface area contributed by atoms with Gasteiger partial charge in [0.15, 0.2) is 0 Å². The molecule has 2 fully saturated rings. The number of carbonyl (C=O) groups is 1. The smallest absolute Gasteiger partial charge is 0.222 e. The van der Waals surface area contributed by atoms with Gasteiger partial charge in [-0.2, -0.15) is 0 Å². The minimum Gasteiger partial charge on any atom is -0.366 e. The molecule has 1 unspecified atom stereocenters. The number of amides is 1. The van der Waals surface area contributed by atoms with Gasteiger partial charge in [0.25, 0.3) is 0 Å². The van der Waals surface area contributed by atoms with Crippen molar-refractivity contribution in [1.82, 2.24) is 9.80 Å². The molecule has 0 N–H and O–H groups in total. The lowest BCUT2D eigenvalue weighted by molar-refractivity contribution is -0.131. The second kappa shape index (κ2) is 7.97. The fourth-order valence-corrected chi connectivity index (χ4v) is 3.86. The lowest BCUT2D eigenvalue weighted by atomic mass is 9.98. The van der Waals surface area contributed by atoms with Gasteiger partial charge in [0.1, 0.15) is 5.82 Å². The first-order valence-corrected chi connectivity index (χ1v) is 9.12. The molecule has 0 radical (unpaired) electrons. The molecule has 2 heterocycles. The summed E-state index contributed by atoms with van der Waals surface area (Å²) in [6.45, 7) is 3.94. The Kier molecular flexibility index (Phi) is 5.72. The molecule has 2 aliphatic heterocycles. The van der Waals surface area contributed by atoms with Gasteiger partial charge in [-0.1, -0.05) is 18.6 Å². The predicted octanol–water partition coefficient (Wildman–Crippen LogP) is 2.74. The number of likely N-dealkylation sites (tertiary alicyclic amines) is 1. The van der Waals surface area contributed by atoms with Crippen LogP contribution < -0.4 is 4.90 Å². The molecule has 0 bridgehead atoms. The second-order valence-electron chi connectivity index (χ2n) is 6.99. The molecule has 0 spiro atoms. The largest absolute Gasteiger partial charge is 0.366 e. The van der Waals surface area contributed by atoms with Crippen LogP contribution in [-0.4, -0.2) is 61.5 Å². The number of para-hydroxylation sites is 1. The predicted molar refractivity (Wildman–Crippen MR) is 94.7 cm³/mol. The van der Waals surface area contributed by atoms with Crippen LogP contribution in [0, 0.1) is 5.82 Å². The summed E-state index contributed by atoms with van der Waals surface area (Å²) in [6, 6.07) is 7.43. The second-order valence-corrected chi connectivity index (χ2v) is 6.99. The Hall–Kier alpha value is -1.62. The molecule has 1 aromatic rings. The lowest BCUT2D eigenvalue weighted by Gasteiger charge is -2.37. The minimum atomic E-state index is -0.183. The molecule has 24 heavy (non-hydrogen) atoms. The maximum Gasteiger partial charge on any atom is 0.222 e. The van der Waals surface area contributed by atoms with Crippen LogP contribution in [0.2, 0.25) is 0 Å². The lowest BCUT2D eigenvalue weighted by Crippen LogP contribution is -2.49. The summed E-state index contributed by atoms with van der Waals surface area (Å²) in [5, 5.41) is 0. The van der Waals surface area contributed by atoms with Crippen LogP contribution in [0.1, 0.15) is 32.1 Å². The number of rotatable bonds is 4. The molecule has 132 valence electrons. The van der Waals surface area contributed by atoms with Crippen molar-refractivity contribution >= 4 is 11.6 Å².